The fourth-order valence-electron chi connectivity index (χ4n) is 0.834. The zero-order chi connectivity index (χ0) is 10.6. The highest BCUT2D eigenvalue weighted by Gasteiger charge is 2.30. The summed E-state index contributed by atoms with van der Waals surface area (Å²) in [7, 11) is 0. The number of hydrogen-bond donors (Lipinski definition) is 0. The molecule has 1 aromatic rings. The summed E-state index contributed by atoms with van der Waals surface area (Å²) in [5, 5.41) is 0. The van der Waals surface area contributed by atoms with Crippen LogP contribution in [-0.2, 0) is 22.3 Å². The van der Waals surface area contributed by atoms with E-state index in [1.54, 1.807) is 0 Å². The van der Waals surface area contributed by atoms with Gasteiger partial charge >= 0.3 is 12.6 Å². The van der Waals surface area contributed by atoms with Gasteiger partial charge in [0.2, 0.25) is 0 Å². The number of nitrogens with zero attached hydrogens (tertiary/aromatic N) is 1. The quantitative estimate of drug-likeness (QED) is 0.751. The molecule has 0 spiro atoms. The normalized spacial score (nSPS) is 11.1. The Balaban J connectivity index is 2.84. The molecule has 1 rings (SSSR count). The average molecular weight is 204 g/mol. The van der Waals surface area contributed by atoms with Crippen molar-refractivity contribution in [2.24, 2.45) is 0 Å². The molecule has 0 aliphatic carbocycles. The molecule has 0 bridgehead atoms. The maximum atomic E-state index is 12.1. The predicted octanol–water partition coefficient (Wildman–Crippen LogP) is 1.68. The van der Waals surface area contributed by atoms with Gasteiger partial charge in [-0.15, -0.1) is 0 Å². The first-order chi connectivity index (χ1) is 6.54. The van der Waals surface area contributed by atoms with E-state index in [1.807, 2.05) is 0 Å². The van der Waals surface area contributed by atoms with E-state index >= 15 is 0 Å². The number of rotatable bonds is 3. The topological polar surface area (TPSA) is 39.2 Å². The molecule has 1 heterocycles. The van der Waals surface area contributed by atoms with E-state index in [0.717, 1.165) is 12.5 Å². The second-order valence-corrected chi connectivity index (χ2v) is 2.45. The second kappa shape index (κ2) is 4.08. The molecule has 0 N–H and O–H groups in total. The minimum atomic E-state index is -4.44. The average Bonchev–Trinajstić information content (AvgIpc) is 2.14. The molecule has 0 aliphatic rings. The third-order valence-electron chi connectivity index (χ3n) is 1.42. The standard InChI is InChI=1S/C8H5F3NO2/c9-8(10,11)7-1-6(2-12-3-7)4-14-5-13/h1-3H,4H2. The van der Waals surface area contributed by atoms with Crippen LogP contribution in [0.3, 0.4) is 0 Å². The van der Waals surface area contributed by atoms with E-state index in [4.69, 9.17) is 0 Å². The van der Waals surface area contributed by atoms with Crippen LogP contribution >= 0.6 is 0 Å². The molecule has 0 aromatic carbocycles. The number of halogens is 3. The van der Waals surface area contributed by atoms with Gasteiger partial charge < -0.3 is 4.74 Å². The molecule has 0 unspecified atom stereocenters. The number of hydrogen-bond acceptors (Lipinski definition) is 3. The van der Waals surface area contributed by atoms with Crippen molar-refractivity contribution in [1.82, 2.24) is 4.98 Å². The maximum Gasteiger partial charge on any atom is 0.417 e. The van der Waals surface area contributed by atoms with Crippen LogP contribution in [0.1, 0.15) is 11.1 Å². The summed E-state index contributed by atoms with van der Waals surface area (Å²) in [5.74, 6) is 0. The number of pyridine rings is 1. The van der Waals surface area contributed by atoms with Crippen LogP contribution in [0.2, 0.25) is 0 Å². The first-order valence-corrected chi connectivity index (χ1v) is 3.54. The van der Waals surface area contributed by atoms with Crippen LogP contribution in [0.15, 0.2) is 18.5 Å². The number of alkyl halides is 3. The number of ether oxygens (including phenoxy) is 1. The lowest BCUT2D eigenvalue weighted by molar-refractivity contribution is -0.137. The second-order valence-electron chi connectivity index (χ2n) is 2.45. The van der Waals surface area contributed by atoms with E-state index in [1.165, 1.54) is 6.20 Å². The van der Waals surface area contributed by atoms with E-state index < -0.39 is 11.7 Å². The molecule has 1 aromatic heterocycles. The van der Waals surface area contributed by atoms with Crippen molar-refractivity contribution in [3.63, 3.8) is 0 Å². The van der Waals surface area contributed by atoms with Crippen LogP contribution in [0.25, 0.3) is 0 Å². The van der Waals surface area contributed by atoms with Crippen molar-refractivity contribution >= 4 is 6.47 Å². The van der Waals surface area contributed by atoms with E-state index in [2.05, 4.69) is 9.72 Å². The van der Waals surface area contributed by atoms with Crippen molar-refractivity contribution < 1.29 is 22.7 Å². The molecule has 3 nitrogen and oxygen atoms in total. The molecular formula is C8H5F3NO2. The Labute approximate surface area is 77.5 Å². The van der Waals surface area contributed by atoms with Gasteiger partial charge in [0.1, 0.15) is 6.61 Å². The lowest BCUT2D eigenvalue weighted by atomic mass is 10.2. The fourth-order valence-corrected chi connectivity index (χ4v) is 0.834. The van der Waals surface area contributed by atoms with Crippen LogP contribution in [0.5, 0.6) is 0 Å². The Morgan fingerprint density at radius 1 is 1.43 bits per heavy atom. The van der Waals surface area contributed by atoms with Crippen LogP contribution < -0.4 is 0 Å². The Morgan fingerprint density at radius 2 is 2.14 bits per heavy atom. The molecule has 75 valence electrons. The van der Waals surface area contributed by atoms with Crippen molar-refractivity contribution in [3.05, 3.63) is 29.6 Å². The van der Waals surface area contributed by atoms with Gasteiger partial charge in [-0.25, -0.2) is 4.79 Å². The Hall–Kier alpha value is -1.59. The van der Waals surface area contributed by atoms with Gasteiger partial charge in [0.25, 0.3) is 0 Å². The first kappa shape index (κ1) is 10.5. The van der Waals surface area contributed by atoms with Gasteiger partial charge in [-0.05, 0) is 6.07 Å². The van der Waals surface area contributed by atoms with Crippen molar-refractivity contribution in [1.29, 1.82) is 0 Å². The monoisotopic (exact) mass is 204 g/mol. The van der Waals surface area contributed by atoms with E-state index in [9.17, 15) is 18.0 Å². The molecule has 0 saturated heterocycles. The Morgan fingerprint density at radius 3 is 2.71 bits per heavy atom. The summed E-state index contributed by atoms with van der Waals surface area (Å²) in [6.07, 6.45) is -2.55. The third-order valence-corrected chi connectivity index (χ3v) is 1.42. The van der Waals surface area contributed by atoms with Gasteiger partial charge in [0.15, 0.2) is 0 Å². The Bertz CT molecular complexity index is 325. The third kappa shape index (κ3) is 2.72. The zero-order valence-electron chi connectivity index (χ0n) is 6.84. The van der Waals surface area contributed by atoms with Crippen molar-refractivity contribution in [3.8, 4) is 0 Å². The molecule has 0 atom stereocenters. The Kier molecular flexibility index (Phi) is 3.06. The zero-order valence-corrected chi connectivity index (χ0v) is 6.84. The maximum absolute atomic E-state index is 12.1. The molecular weight excluding hydrogens is 199 g/mol. The number of aromatic nitrogens is 1. The highest BCUT2D eigenvalue weighted by molar-refractivity contribution is 5.38. The smallest absolute Gasteiger partial charge is 0.417 e. The highest BCUT2D eigenvalue weighted by Crippen LogP contribution is 2.28. The first-order valence-electron chi connectivity index (χ1n) is 3.54. The van der Waals surface area contributed by atoms with Crippen LogP contribution in [0, 0.1) is 0 Å². The van der Waals surface area contributed by atoms with Gasteiger partial charge in [0, 0.05) is 18.0 Å². The lowest BCUT2D eigenvalue weighted by Gasteiger charge is -2.06. The molecule has 0 saturated carbocycles. The summed E-state index contributed by atoms with van der Waals surface area (Å²) in [6, 6.07) is 0.865. The molecule has 6 heteroatoms. The predicted molar refractivity (Wildman–Crippen MR) is 39.7 cm³/mol. The van der Waals surface area contributed by atoms with Crippen molar-refractivity contribution in [2.75, 3.05) is 0 Å². The summed E-state index contributed by atoms with van der Waals surface area (Å²) >= 11 is 0. The van der Waals surface area contributed by atoms with E-state index in [0.29, 0.717) is 6.20 Å². The van der Waals surface area contributed by atoms with Crippen LogP contribution in [-0.4, -0.2) is 11.5 Å². The van der Waals surface area contributed by atoms with Crippen molar-refractivity contribution in [2.45, 2.75) is 12.8 Å². The van der Waals surface area contributed by atoms with Gasteiger partial charge in [-0.2, -0.15) is 13.2 Å². The van der Waals surface area contributed by atoms with E-state index in [-0.39, 0.29) is 12.2 Å². The summed E-state index contributed by atoms with van der Waals surface area (Å²) in [5.41, 5.74) is -0.701. The minimum Gasteiger partial charge on any atom is -0.452 e. The molecule has 14 heavy (non-hydrogen) atoms. The van der Waals surface area contributed by atoms with Gasteiger partial charge in [-0.1, -0.05) is 0 Å². The number of carbonyl (C=O) groups excluding carboxylic acids is 1. The SMILES string of the molecule is O=[C]OCc1cncc(C(F)(F)F)c1. The molecule has 0 aliphatic heterocycles. The van der Waals surface area contributed by atoms with Gasteiger partial charge in [0.05, 0.1) is 5.56 Å². The molecule has 0 fully saturated rings. The molecule has 0 amide bonds. The summed E-state index contributed by atoms with van der Waals surface area (Å²) < 4.78 is 40.6. The van der Waals surface area contributed by atoms with Gasteiger partial charge in [-0.3, -0.25) is 4.98 Å². The summed E-state index contributed by atoms with van der Waals surface area (Å²) in [6.45, 7) is 0.852. The van der Waals surface area contributed by atoms with Crippen LogP contribution in [0.4, 0.5) is 13.2 Å². The fraction of sp³-hybridized carbons (Fsp3) is 0.250. The largest absolute Gasteiger partial charge is 0.452 e. The molecule has 1 radical (unpaired) electrons. The lowest BCUT2D eigenvalue weighted by Crippen LogP contribution is -2.06. The summed E-state index contributed by atoms with van der Waals surface area (Å²) in [4.78, 5) is 13.0. The minimum absolute atomic E-state index is 0.170. The highest BCUT2D eigenvalue weighted by atomic mass is 19.4.